The van der Waals surface area contributed by atoms with Gasteiger partial charge in [0.1, 0.15) is 0 Å². The Labute approximate surface area is 117 Å². The molecule has 1 aliphatic carbocycles. The Morgan fingerprint density at radius 1 is 1.06 bits per heavy atom. The topological polar surface area (TPSA) is 64.4 Å². The second kappa shape index (κ2) is 4.98. The number of halogens is 1. The van der Waals surface area contributed by atoms with Crippen LogP contribution in [0.15, 0.2) is 47.5 Å². The van der Waals surface area contributed by atoms with Gasteiger partial charge in [0.25, 0.3) is 0 Å². The number of hydrogen-bond acceptors (Lipinski definition) is 1. The lowest BCUT2D eigenvalue weighted by molar-refractivity contribution is 0.988. The Hall–Kier alpha value is -1.55. The Kier molecular flexibility index (Phi) is 3.57. The first-order valence-corrected chi connectivity index (χ1v) is 5.82. The molecule has 2 aromatic rings. The minimum absolute atomic E-state index is 0. The summed E-state index contributed by atoms with van der Waals surface area (Å²) < 4.78 is 0. The molecule has 0 bridgehead atoms. The van der Waals surface area contributed by atoms with E-state index in [1.54, 1.807) is 0 Å². The van der Waals surface area contributed by atoms with Crippen molar-refractivity contribution in [2.45, 2.75) is 18.4 Å². The molecule has 0 amide bonds. The highest BCUT2D eigenvalue weighted by atomic mass is 79.9. The molecule has 3 rings (SSSR count). The molecule has 1 aliphatic rings. The molecule has 2 aromatic carbocycles. The number of fused-ring (bicyclic) bond motifs is 1. The van der Waals surface area contributed by atoms with E-state index in [1.165, 1.54) is 16.3 Å². The van der Waals surface area contributed by atoms with E-state index in [1.807, 2.05) is 0 Å². The molecule has 3 nitrogen and oxygen atoms in total. The highest BCUT2D eigenvalue weighted by molar-refractivity contribution is 8.93. The second-order valence-electron chi connectivity index (χ2n) is 4.53. The van der Waals surface area contributed by atoms with Crippen LogP contribution in [-0.2, 0) is 0 Å². The third-order valence-electron chi connectivity index (χ3n) is 3.29. The minimum atomic E-state index is 0. The normalized spacial score (nSPS) is 21.1. The zero-order valence-electron chi connectivity index (χ0n) is 9.91. The van der Waals surface area contributed by atoms with Crippen LogP contribution in [0.2, 0.25) is 0 Å². The highest BCUT2D eigenvalue weighted by Crippen LogP contribution is 2.45. The first-order valence-electron chi connectivity index (χ1n) is 5.82. The molecule has 0 spiro atoms. The molecular weight excluding hydrogens is 290 g/mol. The number of hydrogen-bond donors (Lipinski definition) is 2. The van der Waals surface area contributed by atoms with Crippen molar-refractivity contribution in [3.8, 4) is 0 Å². The van der Waals surface area contributed by atoms with Crippen molar-refractivity contribution in [3.63, 3.8) is 0 Å². The number of guanidine groups is 1. The van der Waals surface area contributed by atoms with Gasteiger partial charge in [-0.25, -0.2) is 4.99 Å². The SMILES string of the molecule is Br.NC(N)=N[C@@H]1C[C@H]1c1cccc2ccccc12. The van der Waals surface area contributed by atoms with Gasteiger partial charge in [-0.1, -0.05) is 42.5 Å². The molecule has 0 aliphatic heterocycles. The maximum Gasteiger partial charge on any atom is 0.186 e. The van der Waals surface area contributed by atoms with Crippen LogP contribution in [0.25, 0.3) is 10.8 Å². The lowest BCUT2D eigenvalue weighted by Crippen LogP contribution is -2.23. The van der Waals surface area contributed by atoms with E-state index in [0.717, 1.165) is 6.42 Å². The van der Waals surface area contributed by atoms with Gasteiger partial charge in [0.05, 0.1) is 6.04 Å². The summed E-state index contributed by atoms with van der Waals surface area (Å²) in [5.74, 6) is 0.668. The third-order valence-corrected chi connectivity index (χ3v) is 3.29. The van der Waals surface area contributed by atoms with E-state index in [-0.39, 0.29) is 29.0 Å². The molecule has 0 aromatic heterocycles. The Bertz CT molecular complexity index is 585. The van der Waals surface area contributed by atoms with Crippen molar-refractivity contribution in [2.24, 2.45) is 16.5 Å². The van der Waals surface area contributed by atoms with Crippen molar-refractivity contribution in [1.82, 2.24) is 0 Å². The molecule has 2 atom stereocenters. The van der Waals surface area contributed by atoms with E-state index in [0.29, 0.717) is 5.92 Å². The summed E-state index contributed by atoms with van der Waals surface area (Å²) in [6.45, 7) is 0. The van der Waals surface area contributed by atoms with E-state index < -0.39 is 0 Å². The molecule has 1 fully saturated rings. The summed E-state index contributed by atoms with van der Waals surface area (Å²) in [4.78, 5) is 4.23. The quantitative estimate of drug-likeness (QED) is 0.661. The summed E-state index contributed by atoms with van der Waals surface area (Å²) in [5.41, 5.74) is 12.2. The molecule has 0 saturated heterocycles. The van der Waals surface area contributed by atoms with Gasteiger partial charge in [-0.3, -0.25) is 0 Å². The first-order chi connectivity index (χ1) is 8.25. The molecule has 0 unspecified atom stereocenters. The molecule has 4 N–H and O–H groups in total. The predicted molar refractivity (Wildman–Crippen MR) is 81.2 cm³/mol. The third kappa shape index (κ3) is 2.34. The van der Waals surface area contributed by atoms with Gasteiger partial charge >= 0.3 is 0 Å². The van der Waals surface area contributed by atoms with Crippen molar-refractivity contribution < 1.29 is 0 Å². The number of rotatable bonds is 2. The fourth-order valence-corrected chi connectivity index (χ4v) is 2.42. The fourth-order valence-electron chi connectivity index (χ4n) is 2.42. The fraction of sp³-hybridized carbons (Fsp3) is 0.214. The maximum absolute atomic E-state index is 5.41. The Morgan fingerprint density at radius 2 is 1.78 bits per heavy atom. The maximum atomic E-state index is 5.41. The lowest BCUT2D eigenvalue weighted by atomic mass is 10.0. The summed E-state index contributed by atoms with van der Waals surface area (Å²) in [6.07, 6.45) is 1.05. The molecule has 4 heteroatoms. The Balaban J connectivity index is 0.00000120. The average molecular weight is 306 g/mol. The van der Waals surface area contributed by atoms with Crippen LogP contribution < -0.4 is 11.5 Å². The summed E-state index contributed by atoms with van der Waals surface area (Å²) in [7, 11) is 0. The van der Waals surface area contributed by atoms with Crippen molar-refractivity contribution >= 4 is 33.7 Å². The predicted octanol–water partition coefficient (Wildman–Crippen LogP) is 2.55. The summed E-state index contributed by atoms with van der Waals surface area (Å²) in [6, 6.07) is 15.1. The molecule has 1 saturated carbocycles. The largest absolute Gasteiger partial charge is 0.370 e. The van der Waals surface area contributed by atoms with Gasteiger partial charge in [0.2, 0.25) is 0 Å². The number of nitrogens with zero attached hydrogens (tertiary/aromatic N) is 1. The zero-order chi connectivity index (χ0) is 11.8. The van der Waals surface area contributed by atoms with Gasteiger partial charge in [-0.15, -0.1) is 17.0 Å². The summed E-state index contributed by atoms with van der Waals surface area (Å²) in [5, 5.41) is 2.59. The molecule has 0 radical (unpaired) electrons. The van der Waals surface area contributed by atoms with Gasteiger partial charge < -0.3 is 11.5 Å². The number of aliphatic imine (C=N–C) groups is 1. The van der Waals surface area contributed by atoms with Crippen LogP contribution in [0.3, 0.4) is 0 Å². The monoisotopic (exact) mass is 305 g/mol. The van der Waals surface area contributed by atoms with Crippen LogP contribution >= 0.6 is 17.0 Å². The van der Waals surface area contributed by atoms with E-state index in [2.05, 4.69) is 47.5 Å². The number of benzene rings is 2. The highest BCUT2D eigenvalue weighted by Gasteiger charge is 2.39. The average Bonchev–Trinajstić information content (AvgIpc) is 3.06. The smallest absolute Gasteiger partial charge is 0.186 e. The van der Waals surface area contributed by atoms with Crippen molar-refractivity contribution in [1.29, 1.82) is 0 Å². The standard InChI is InChI=1S/C14H15N3.BrH/c15-14(16)17-13-8-12(13)11-7-3-5-9-4-1-2-6-10(9)11;/h1-7,12-13H,8H2,(H4,15,16,17);1H/t12-,13+;/m0./s1. The van der Waals surface area contributed by atoms with Crippen molar-refractivity contribution in [3.05, 3.63) is 48.0 Å². The van der Waals surface area contributed by atoms with Gasteiger partial charge in [-0.05, 0) is 22.8 Å². The van der Waals surface area contributed by atoms with Crippen LogP contribution in [0, 0.1) is 0 Å². The second-order valence-corrected chi connectivity index (χ2v) is 4.53. The van der Waals surface area contributed by atoms with Crippen LogP contribution in [0.5, 0.6) is 0 Å². The van der Waals surface area contributed by atoms with E-state index in [4.69, 9.17) is 11.5 Å². The van der Waals surface area contributed by atoms with E-state index >= 15 is 0 Å². The first kappa shape index (κ1) is 12.9. The van der Waals surface area contributed by atoms with Gasteiger partial charge in [-0.2, -0.15) is 0 Å². The molecule has 0 heterocycles. The number of nitrogens with two attached hydrogens (primary N) is 2. The molecule has 94 valence electrons. The van der Waals surface area contributed by atoms with Crippen LogP contribution in [-0.4, -0.2) is 12.0 Å². The lowest BCUT2D eigenvalue weighted by Gasteiger charge is -2.04. The van der Waals surface area contributed by atoms with Crippen LogP contribution in [0.4, 0.5) is 0 Å². The molecule has 18 heavy (non-hydrogen) atoms. The summed E-state index contributed by atoms with van der Waals surface area (Å²) >= 11 is 0. The van der Waals surface area contributed by atoms with Gasteiger partial charge in [0.15, 0.2) is 5.96 Å². The minimum Gasteiger partial charge on any atom is -0.370 e. The zero-order valence-corrected chi connectivity index (χ0v) is 11.6. The Morgan fingerprint density at radius 3 is 2.56 bits per heavy atom. The molecular formula is C14H16BrN3. The van der Waals surface area contributed by atoms with Crippen molar-refractivity contribution in [2.75, 3.05) is 0 Å². The van der Waals surface area contributed by atoms with E-state index in [9.17, 15) is 0 Å². The van der Waals surface area contributed by atoms with Gasteiger partial charge in [0, 0.05) is 5.92 Å². The van der Waals surface area contributed by atoms with Crippen LogP contribution in [0.1, 0.15) is 17.9 Å².